The van der Waals surface area contributed by atoms with Crippen LogP contribution in [0.3, 0.4) is 0 Å². The van der Waals surface area contributed by atoms with E-state index in [0.29, 0.717) is 11.0 Å². The predicted octanol–water partition coefficient (Wildman–Crippen LogP) is 0.429. The maximum atomic E-state index is 11.8. The molecule has 1 saturated heterocycles. The number of alkyl halides is 1. The summed E-state index contributed by atoms with van der Waals surface area (Å²) in [4.78, 5) is 46.5. The quantitative estimate of drug-likeness (QED) is 0.297. The molecule has 1 aromatic rings. The Morgan fingerprint density at radius 2 is 1.53 bits per heavy atom. The molecule has 1 fully saturated rings. The number of ether oxygens (including phenoxy) is 5. The zero-order valence-corrected chi connectivity index (χ0v) is 18.4. The Morgan fingerprint density at radius 1 is 0.967 bits per heavy atom. The highest BCUT2D eigenvalue weighted by molar-refractivity contribution is 9.08. The number of hydrogen-bond donors (Lipinski definition) is 0. The monoisotopic (exact) mass is 491 g/mol. The Bertz CT molecular complexity index is 799. The van der Waals surface area contributed by atoms with E-state index in [9.17, 15) is 19.2 Å². The Kier molecular flexibility index (Phi) is 8.29. The Balaban J connectivity index is 2.50. The van der Waals surface area contributed by atoms with Crippen LogP contribution in [0.5, 0.6) is 0 Å². The van der Waals surface area contributed by atoms with Crippen molar-refractivity contribution in [3.8, 4) is 0 Å². The largest absolute Gasteiger partial charge is 0.463 e. The van der Waals surface area contributed by atoms with Crippen molar-refractivity contribution in [2.75, 3.05) is 6.61 Å². The van der Waals surface area contributed by atoms with E-state index in [4.69, 9.17) is 23.7 Å². The molecule has 1 aliphatic heterocycles. The van der Waals surface area contributed by atoms with Crippen molar-refractivity contribution in [3.05, 3.63) is 11.9 Å². The molecule has 0 radical (unpaired) electrons. The molecule has 0 aromatic carbocycles. The van der Waals surface area contributed by atoms with Gasteiger partial charge < -0.3 is 23.7 Å². The van der Waals surface area contributed by atoms with Gasteiger partial charge in [-0.2, -0.15) is 0 Å². The average Bonchev–Trinajstić information content (AvgIpc) is 3.11. The van der Waals surface area contributed by atoms with E-state index in [2.05, 4.69) is 26.2 Å². The van der Waals surface area contributed by atoms with Gasteiger partial charge in [0.25, 0.3) is 0 Å². The minimum atomic E-state index is -1.26. The van der Waals surface area contributed by atoms with Crippen molar-refractivity contribution < 1.29 is 42.9 Å². The van der Waals surface area contributed by atoms with Gasteiger partial charge in [-0.15, -0.1) is 5.10 Å². The maximum absolute atomic E-state index is 11.8. The van der Waals surface area contributed by atoms with Crippen LogP contribution in [0.15, 0.2) is 6.20 Å². The summed E-state index contributed by atoms with van der Waals surface area (Å²) in [6.45, 7) is 4.36. The molecule has 0 amide bonds. The van der Waals surface area contributed by atoms with Gasteiger partial charge in [-0.25, -0.2) is 4.68 Å². The van der Waals surface area contributed by atoms with Crippen LogP contribution >= 0.6 is 15.9 Å². The normalized spacial score (nSPS) is 25.8. The Labute approximate surface area is 180 Å². The van der Waals surface area contributed by atoms with E-state index in [-0.39, 0.29) is 6.61 Å². The second-order valence-corrected chi connectivity index (χ2v) is 6.97. The summed E-state index contributed by atoms with van der Waals surface area (Å²) in [5, 5.41) is 8.31. The van der Waals surface area contributed by atoms with Crippen LogP contribution in [0.2, 0.25) is 0 Å². The first-order valence-corrected chi connectivity index (χ1v) is 10.0. The molecule has 1 aliphatic rings. The zero-order chi connectivity index (χ0) is 22.4. The fourth-order valence-electron chi connectivity index (χ4n) is 2.92. The topological polar surface area (TPSA) is 145 Å². The van der Waals surface area contributed by atoms with E-state index in [1.807, 2.05) is 0 Å². The number of nitrogens with zero attached hydrogens (tertiary/aromatic N) is 3. The summed E-state index contributed by atoms with van der Waals surface area (Å²) in [5.41, 5.74) is 0.558. The van der Waals surface area contributed by atoms with Gasteiger partial charge in [-0.1, -0.05) is 21.1 Å². The molecule has 5 atom stereocenters. The van der Waals surface area contributed by atoms with E-state index >= 15 is 0 Å². The standard InChI is InChI=1S/C17H22BrN3O9/c1-8(22)26-7-13-14(27-9(2)23)15(28-10(3)24)16(29-11(4)25)17(30-13)21-6-12(5-18)19-20-21/h6,13-17H,5,7H2,1-4H3/t13-,14-,15?,16-,17?/m1/s1. The van der Waals surface area contributed by atoms with Gasteiger partial charge in [-0.05, 0) is 0 Å². The Morgan fingerprint density at radius 3 is 2.03 bits per heavy atom. The molecule has 12 nitrogen and oxygen atoms in total. The maximum Gasteiger partial charge on any atom is 0.303 e. The summed E-state index contributed by atoms with van der Waals surface area (Å²) in [5.74, 6) is -2.69. The highest BCUT2D eigenvalue weighted by Gasteiger charge is 2.53. The molecule has 0 bridgehead atoms. The van der Waals surface area contributed by atoms with Gasteiger partial charge in [0.15, 0.2) is 24.5 Å². The molecule has 0 saturated carbocycles. The minimum absolute atomic E-state index is 0.311. The lowest BCUT2D eigenvalue weighted by atomic mass is 9.97. The van der Waals surface area contributed by atoms with Crippen LogP contribution in [0, 0.1) is 0 Å². The molecular weight excluding hydrogens is 470 g/mol. The first-order chi connectivity index (χ1) is 14.1. The van der Waals surface area contributed by atoms with Gasteiger partial charge in [-0.3, -0.25) is 19.2 Å². The average molecular weight is 492 g/mol. The van der Waals surface area contributed by atoms with Crippen molar-refractivity contribution in [2.45, 2.75) is 63.7 Å². The first-order valence-electron chi connectivity index (χ1n) is 8.89. The number of carbonyl (C=O) groups excluding carboxylic acids is 4. The third kappa shape index (κ3) is 6.23. The molecule has 2 heterocycles. The molecule has 166 valence electrons. The Hall–Kier alpha value is -2.54. The summed E-state index contributed by atoms with van der Waals surface area (Å²) in [7, 11) is 0. The first kappa shape index (κ1) is 23.7. The molecule has 13 heteroatoms. The van der Waals surface area contributed by atoms with Crippen molar-refractivity contribution in [3.63, 3.8) is 0 Å². The highest BCUT2D eigenvalue weighted by Crippen LogP contribution is 2.34. The fourth-order valence-corrected chi connectivity index (χ4v) is 3.17. The van der Waals surface area contributed by atoms with Crippen molar-refractivity contribution in [1.82, 2.24) is 15.0 Å². The molecule has 0 aliphatic carbocycles. The number of aromatic nitrogens is 3. The van der Waals surface area contributed by atoms with E-state index in [1.54, 1.807) is 0 Å². The highest BCUT2D eigenvalue weighted by atomic mass is 79.9. The molecule has 2 unspecified atom stereocenters. The van der Waals surface area contributed by atoms with Crippen LogP contribution in [0.4, 0.5) is 0 Å². The van der Waals surface area contributed by atoms with Crippen LogP contribution in [0.25, 0.3) is 0 Å². The molecule has 1 aromatic heterocycles. The van der Waals surface area contributed by atoms with Crippen LogP contribution < -0.4 is 0 Å². The van der Waals surface area contributed by atoms with Crippen molar-refractivity contribution in [2.24, 2.45) is 0 Å². The van der Waals surface area contributed by atoms with Crippen molar-refractivity contribution in [1.29, 1.82) is 0 Å². The fraction of sp³-hybridized carbons (Fsp3) is 0.647. The molecule has 30 heavy (non-hydrogen) atoms. The SMILES string of the molecule is CC(=O)OC[C@H]1OC(n2cc(CBr)nn2)[C@H](OC(C)=O)C(OC(C)=O)[C@@H]1OC(C)=O. The van der Waals surface area contributed by atoms with Gasteiger partial charge in [0.05, 0.1) is 11.9 Å². The second-order valence-electron chi connectivity index (χ2n) is 6.41. The summed E-state index contributed by atoms with van der Waals surface area (Å²) in [6, 6.07) is 0. The van der Waals surface area contributed by atoms with E-state index in [1.165, 1.54) is 24.7 Å². The summed E-state index contributed by atoms with van der Waals surface area (Å²) in [6.07, 6.45) is -4.32. The smallest absolute Gasteiger partial charge is 0.303 e. The van der Waals surface area contributed by atoms with Gasteiger partial charge >= 0.3 is 23.9 Å². The van der Waals surface area contributed by atoms with Gasteiger partial charge in [0.1, 0.15) is 12.7 Å². The third-order valence-electron chi connectivity index (χ3n) is 3.92. The molecule has 2 rings (SSSR count). The lowest BCUT2D eigenvalue weighted by Crippen LogP contribution is -2.60. The zero-order valence-electron chi connectivity index (χ0n) is 16.8. The molecule has 0 spiro atoms. The van der Waals surface area contributed by atoms with Crippen LogP contribution in [-0.4, -0.2) is 69.9 Å². The molecular formula is C17H22BrN3O9. The summed E-state index contributed by atoms with van der Waals surface area (Å²) >= 11 is 3.26. The number of rotatable bonds is 7. The van der Waals surface area contributed by atoms with Gasteiger partial charge in [0.2, 0.25) is 0 Å². The number of esters is 4. The minimum Gasteiger partial charge on any atom is -0.463 e. The second kappa shape index (κ2) is 10.5. The van der Waals surface area contributed by atoms with E-state index in [0.717, 1.165) is 13.8 Å². The third-order valence-corrected chi connectivity index (χ3v) is 4.50. The van der Waals surface area contributed by atoms with Crippen LogP contribution in [-0.2, 0) is 48.2 Å². The van der Waals surface area contributed by atoms with Crippen LogP contribution in [0.1, 0.15) is 39.6 Å². The summed E-state index contributed by atoms with van der Waals surface area (Å²) < 4.78 is 28.3. The van der Waals surface area contributed by atoms with Crippen molar-refractivity contribution >= 4 is 39.8 Å². The lowest BCUT2D eigenvalue weighted by Gasteiger charge is -2.44. The number of halogens is 1. The lowest BCUT2D eigenvalue weighted by molar-refractivity contribution is -0.270. The predicted molar refractivity (Wildman–Crippen MR) is 99.9 cm³/mol. The molecule has 0 N–H and O–H groups in total. The van der Waals surface area contributed by atoms with Gasteiger partial charge in [0, 0.05) is 33.0 Å². The van der Waals surface area contributed by atoms with E-state index < -0.39 is 54.5 Å². The number of hydrogen-bond acceptors (Lipinski definition) is 11. The number of carbonyl (C=O) groups is 4.